The molecule has 2 saturated heterocycles. The SMILES string of the molecule is COc1cccc(C(C)N2CCN(C(=O)C3CC34CCNCC4)CC2)c1. The molecule has 1 aromatic carbocycles. The Kier molecular flexibility index (Phi) is 4.93. The van der Waals surface area contributed by atoms with E-state index in [0.717, 1.165) is 51.4 Å². The Bertz CT molecular complexity index is 648. The zero-order chi connectivity index (χ0) is 18.1. The Morgan fingerprint density at radius 1 is 1.23 bits per heavy atom. The molecule has 1 spiro atoms. The maximum Gasteiger partial charge on any atom is 0.226 e. The highest BCUT2D eigenvalue weighted by molar-refractivity contribution is 5.83. The van der Waals surface area contributed by atoms with Gasteiger partial charge >= 0.3 is 0 Å². The molecule has 2 atom stereocenters. The fraction of sp³-hybridized carbons (Fsp3) is 0.667. The molecule has 3 aliphatic rings. The van der Waals surface area contributed by atoms with Gasteiger partial charge in [-0.05, 0) is 62.4 Å². The monoisotopic (exact) mass is 357 g/mol. The van der Waals surface area contributed by atoms with Gasteiger partial charge in [0, 0.05) is 38.1 Å². The van der Waals surface area contributed by atoms with Crippen LogP contribution in [0.25, 0.3) is 0 Å². The fourth-order valence-electron chi connectivity index (χ4n) is 4.84. The number of carbonyl (C=O) groups is 1. The van der Waals surface area contributed by atoms with Gasteiger partial charge in [0.05, 0.1) is 7.11 Å². The Morgan fingerprint density at radius 2 is 1.96 bits per heavy atom. The number of methoxy groups -OCH3 is 1. The molecular weight excluding hydrogens is 326 g/mol. The highest BCUT2D eigenvalue weighted by Gasteiger charge is 2.58. The third-order valence-corrected chi connectivity index (χ3v) is 6.84. The normalized spacial score (nSPS) is 26.5. The molecule has 1 amide bonds. The van der Waals surface area contributed by atoms with Crippen molar-refractivity contribution in [3.05, 3.63) is 29.8 Å². The number of nitrogens with zero attached hydrogens (tertiary/aromatic N) is 2. The van der Waals surface area contributed by atoms with Crippen LogP contribution in [0, 0.1) is 11.3 Å². The van der Waals surface area contributed by atoms with Crippen molar-refractivity contribution in [2.45, 2.75) is 32.2 Å². The van der Waals surface area contributed by atoms with Gasteiger partial charge in [-0.25, -0.2) is 0 Å². The van der Waals surface area contributed by atoms with Crippen molar-refractivity contribution in [3.8, 4) is 5.75 Å². The molecule has 5 nitrogen and oxygen atoms in total. The first kappa shape index (κ1) is 17.8. The Hall–Kier alpha value is -1.59. The Balaban J connectivity index is 1.32. The first-order valence-corrected chi connectivity index (χ1v) is 10.0. The lowest BCUT2D eigenvalue weighted by molar-refractivity contribution is -0.135. The van der Waals surface area contributed by atoms with Crippen LogP contribution >= 0.6 is 0 Å². The molecule has 26 heavy (non-hydrogen) atoms. The molecule has 0 radical (unpaired) electrons. The molecule has 1 N–H and O–H groups in total. The fourth-order valence-corrected chi connectivity index (χ4v) is 4.84. The van der Waals surface area contributed by atoms with E-state index in [0.29, 0.717) is 23.3 Å². The third kappa shape index (κ3) is 3.35. The van der Waals surface area contributed by atoms with Crippen LogP contribution in [0.1, 0.15) is 37.8 Å². The molecule has 2 heterocycles. The second-order valence-corrected chi connectivity index (χ2v) is 8.18. The summed E-state index contributed by atoms with van der Waals surface area (Å²) in [5, 5.41) is 3.42. The molecule has 142 valence electrons. The van der Waals surface area contributed by atoms with Crippen LogP contribution in [0.5, 0.6) is 5.75 Å². The van der Waals surface area contributed by atoms with E-state index >= 15 is 0 Å². The smallest absolute Gasteiger partial charge is 0.226 e. The van der Waals surface area contributed by atoms with Crippen LogP contribution in [-0.4, -0.2) is 62.1 Å². The first-order valence-electron chi connectivity index (χ1n) is 10.0. The number of benzene rings is 1. The highest BCUT2D eigenvalue weighted by Crippen LogP contribution is 2.59. The van der Waals surface area contributed by atoms with Crippen LogP contribution in [0.3, 0.4) is 0 Å². The van der Waals surface area contributed by atoms with Gasteiger partial charge in [0.2, 0.25) is 5.91 Å². The van der Waals surface area contributed by atoms with E-state index in [2.05, 4.69) is 40.2 Å². The third-order valence-electron chi connectivity index (χ3n) is 6.84. The Morgan fingerprint density at radius 3 is 2.65 bits per heavy atom. The molecule has 2 aliphatic heterocycles. The number of piperazine rings is 1. The lowest BCUT2D eigenvalue weighted by Gasteiger charge is -2.38. The number of carbonyl (C=O) groups excluding carboxylic acids is 1. The van der Waals surface area contributed by atoms with E-state index in [-0.39, 0.29) is 0 Å². The summed E-state index contributed by atoms with van der Waals surface area (Å²) in [5.41, 5.74) is 1.62. The van der Waals surface area contributed by atoms with Crippen LogP contribution < -0.4 is 10.1 Å². The van der Waals surface area contributed by atoms with E-state index in [1.165, 1.54) is 18.4 Å². The minimum atomic E-state index is 0.298. The number of hydrogen-bond donors (Lipinski definition) is 1. The van der Waals surface area contributed by atoms with E-state index in [4.69, 9.17) is 4.74 Å². The largest absolute Gasteiger partial charge is 0.497 e. The van der Waals surface area contributed by atoms with Crippen molar-refractivity contribution in [3.63, 3.8) is 0 Å². The van der Waals surface area contributed by atoms with Crippen molar-refractivity contribution >= 4 is 5.91 Å². The van der Waals surface area contributed by atoms with Crippen molar-refractivity contribution in [2.75, 3.05) is 46.4 Å². The van der Waals surface area contributed by atoms with Crippen molar-refractivity contribution in [1.29, 1.82) is 0 Å². The lowest BCUT2D eigenvalue weighted by Crippen LogP contribution is -2.50. The summed E-state index contributed by atoms with van der Waals surface area (Å²) >= 11 is 0. The number of nitrogens with one attached hydrogen (secondary N) is 1. The molecule has 1 saturated carbocycles. The average Bonchev–Trinajstić information content (AvgIpc) is 3.40. The van der Waals surface area contributed by atoms with Gasteiger partial charge in [0.25, 0.3) is 0 Å². The highest BCUT2D eigenvalue weighted by atomic mass is 16.5. The van der Waals surface area contributed by atoms with Crippen LogP contribution in [-0.2, 0) is 4.79 Å². The van der Waals surface area contributed by atoms with Crippen molar-refractivity contribution < 1.29 is 9.53 Å². The summed E-state index contributed by atoms with van der Waals surface area (Å²) in [6.45, 7) is 8.02. The van der Waals surface area contributed by atoms with E-state index in [9.17, 15) is 4.79 Å². The van der Waals surface area contributed by atoms with E-state index in [1.807, 2.05) is 6.07 Å². The summed E-state index contributed by atoms with van der Waals surface area (Å²) in [4.78, 5) is 17.5. The van der Waals surface area contributed by atoms with Crippen molar-refractivity contribution in [1.82, 2.24) is 15.1 Å². The first-order chi connectivity index (χ1) is 12.6. The minimum absolute atomic E-state index is 0.298. The summed E-state index contributed by atoms with van der Waals surface area (Å²) < 4.78 is 5.35. The predicted molar refractivity (Wildman–Crippen MR) is 102 cm³/mol. The van der Waals surface area contributed by atoms with Crippen LogP contribution in [0.15, 0.2) is 24.3 Å². The number of ether oxygens (including phenoxy) is 1. The van der Waals surface area contributed by atoms with Gasteiger partial charge < -0.3 is 15.0 Å². The molecular formula is C21H31N3O2. The number of amides is 1. The molecule has 1 aromatic rings. The predicted octanol–water partition coefficient (Wildman–Crippen LogP) is 2.29. The van der Waals surface area contributed by atoms with E-state index in [1.54, 1.807) is 7.11 Å². The number of piperidine rings is 1. The summed E-state index contributed by atoms with van der Waals surface area (Å²) in [6, 6.07) is 8.66. The zero-order valence-corrected chi connectivity index (χ0v) is 16.0. The quantitative estimate of drug-likeness (QED) is 0.898. The molecule has 1 aliphatic carbocycles. The van der Waals surface area contributed by atoms with Gasteiger partial charge in [0.1, 0.15) is 5.75 Å². The van der Waals surface area contributed by atoms with Gasteiger partial charge in [-0.15, -0.1) is 0 Å². The zero-order valence-electron chi connectivity index (χ0n) is 16.0. The molecule has 4 rings (SSSR count). The van der Waals surface area contributed by atoms with Crippen LogP contribution in [0.2, 0.25) is 0 Å². The molecule has 0 bridgehead atoms. The number of rotatable bonds is 4. The second kappa shape index (κ2) is 7.20. The standard InChI is InChI=1S/C21H31N3O2/c1-16(17-4-3-5-18(14-17)26-2)23-10-12-24(13-11-23)20(25)19-15-21(19)6-8-22-9-7-21/h3-5,14,16,19,22H,6-13,15H2,1-2H3. The topological polar surface area (TPSA) is 44.8 Å². The van der Waals surface area contributed by atoms with Crippen LogP contribution in [0.4, 0.5) is 0 Å². The molecule has 2 unspecified atom stereocenters. The van der Waals surface area contributed by atoms with E-state index < -0.39 is 0 Å². The van der Waals surface area contributed by atoms with Gasteiger partial charge in [-0.2, -0.15) is 0 Å². The summed E-state index contributed by atoms with van der Waals surface area (Å²) in [5.74, 6) is 1.62. The molecule has 0 aromatic heterocycles. The molecule has 3 fully saturated rings. The Labute approximate surface area is 156 Å². The second-order valence-electron chi connectivity index (χ2n) is 8.18. The maximum atomic E-state index is 12.9. The summed E-state index contributed by atoms with van der Waals surface area (Å²) in [6.07, 6.45) is 3.47. The van der Waals surface area contributed by atoms with Crippen molar-refractivity contribution in [2.24, 2.45) is 11.3 Å². The summed E-state index contributed by atoms with van der Waals surface area (Å²) in [7, 11) is 1.71. The van der Waals surface area contributed by atoms with Gasteiger partial charge in [-0.3, -0.25) is 9.69 Å². The molecule has 5 heteroatoms. The maximum absolute atomic E-state index is 12.9. The minimum Gasteiger partial charge on any atom is -0.497 e. The lowest BCUT2D eigenvalue weighted by atomic mass is 9.91. The van der Waals surface area contributed by atoms with Gasteiger partial charge in [-0.1, -0.05) is 12.1 Å². The van der Waals surface area contributed by atoms with Gasteiger partial charge in [0.15, 0.2) is 0 Å². The average molecular weight is 357 g/mol. The number of hydrogen-bond acceptors (Lipinski definition) is 4.